The van der Waals surface area contributed by atoms with Gasteiger partial charge in [-0.25, -0.2) is 18.0 Å². The van der Waals surface area contributed by atoms with E-state index >= 15 is 4.39 Å². The third kappa shape index (κ3) is 7.46. The number of ether oxygens (including phenoxy) is 1. The molecule has 2 atom stereocenters. The molecule has 1 saturated heterocycles. The molecule has 2 aliphatic rings. The van der Waals surface area contributed by atoms with Gasteiger partial charge in [-0.1, -0.05) is 79.3 Å². The maximum atomic E-state index is 15.7. The van der Waals surface area contributed by atoms with Gasteiger partial charge in [-0.2, -0.15) is 0 Å². The smallest absolute Gasteiger partial charge is 0.405 e. The number of morpholine rings is 1. The fourth-order valence-electron chi connectivity index (χ4n) is 6.99. The normalized spacial score (nSPS) is 17.9. The number of rotatable bonds is 9. The minimum atomic E-state index is -1.84. The van der Waals surface area contributed by atoms with Crippen LogP contribution in [0.15, 0.2) is 91.3 Å². The maximum Gasteiger partial charge on any atom is 0.405 e. The molecule has 3 aromatic carbocycles. The second-order valence-corrected chi connectivity index (χ2v) is 12.5. The van der Waals surface area contributed by atoms with Gasteiger partial charge < -0.3 is 25.3 Å². The zero-order chi connectivity index (χ0) is 34.4. The van der Waals surface area contributed by atoms with E-state index in [0.29, 0.717) is 19.4 Å². The van der Waals surface area contributed by atoms with E-state index < -0.39 is 41.2 Å². The molecule has 49 heavy (non-hydrogen) atoms. The van der Waals surface area contributed by atoms with E-state index in [1.165, 1.54) is 30.5 Å². The van der Waals surface area contributed by atoms with E-state index in [2.05, 4.69) is 44.5 Å². The molecule has 0 radical (unpaired) electrons. The van der Waals surface area contributed by atoms with Crippen LogP contribution in [-0.4, -0.2) is 58.2 Å². The van der Waals surface area contributed by atoms with Gasteiger partial charge in [0.25, 0.3) is 0 Å². The summed E-state index contributed by atoms with van der Waals surface area (Å²) in [6.45, 7) is 1.96. The number of amides is 1. The summed E-state index contributed by atoms with van der Waals surface area (Å²) in [7, 11) is 0. The summed E-state index contributed by atoms with van der Waals surface area (Å²) < 4.78 is 50.6. The van der Waals surface area contributed by atoms with E-state index in [0.717, 1.165) is 68.3 Å². The highest BCUT2D eigenvalue weighted by Gasteiger charge is 2.45. The van der Waals surface area contributed by atoms with Crippen LogP contribution in [0, 0.1) is 29.3 Å². The standard InChI is InChI=1S/C38H35F3N4O4/c39-29-12-8-27(9-13-29)38(35(24-46)43-36(47)48,28-10-14-30(40)15-11-28)44-34-21-42-20-33(41)32(34)17-16-31-23-45(22-26-6-2-1-3-7-26)25-37(49-31)18-4-5-19-37/h1-3,6-15,20-21,24,31,35,43-44H,4-5,18-19,22-23,25H2,(H,47,48)/t31-,35?/m1/s1. The molecule has 1 aliphatic carbocycles. The molecule has 4 aromatic rings. The first-order chi connectivity index (χ1) is 23.7. The average molecular weight is 669 g/mol. The lowest BCUT2D eigenvalue weighted by Crippen LogP contribution is -2.56. The van der Waals surface area contributed by atoms with Crippen molar-refractivity contribution in [1.82, 2.24) is 15.2 Å². The summed E-state index contributed by atoms with van der Waals surface area (Å²) >= 11 is 0. The van der Waals surface area contributed by atoms with Gasteiger partial charge in [0.15, 0.2) is 5.82 Å². The number of carboxylic acid groups (broad SMARTS) is 1. The highest BCUT2D eigenvalue weighted by molar-refractivity contribution is 5.77. The second kappa shape index (κ2) is 14.5. The van der Waals surface area contributed by atoms with Gasteiger partial charge in [0.05, 0.1) is 29.2 Å². The zero-order valence-electron chi connectivity index (χ0n) is 26.5. The Kier molecular flexibility index (Phi) is 9.99. The first kappa shape index (κ1) is 33.7. The first-order valence-electron chi connectivity index (χ1n) is 16.0. The highest BCUT2D eigenvalue weighted by atomic mass is 19.1. The van der Waals surface area contributed by atoms with Gasteiger partial charge in [-0.05, 0) is 53.8 Å². The van der Waals surface area contributed by atoms with Crippen LogP contribution in [0.1, 0.15) is 47.9 Å². The molecule has 8 nitrogen and oxygen atoms in total. The van der Waals surface area contributed by atoms with Crippen molar-refractivity contribution in [2.75, 3.05) is 18.4 Å². The highest BCUT2D eigenvalue weighted by Crippen LogP contribution is 2.40. The molecule has 11 heteroatoms. The van der Waals surface area contributed by atoms with Gasteiger partial charge in [0, 0.05) is 19.6 Å². The molecular formula is C38H35F3N4O4. The number of nitrogens with zero attached hydrogens (tertiary/aromatic N) is 2. The van der Waals surface area contributed by atoms with Crippen LogP contribution in [0.4, 0.5) is 23.7 Å². The van der Waals surface area contributed by atoms with E-state index in [1.54, 1.807) is 0 Å². The summed E-state index contributed by atoms with van der Waals surface area (Å²) in [5, 5.41) is 15.1. The van der Waals surface area contributed by atoms with Crippen molar-refractivity contribution in [2.24, 2.45) is 0 Å². The summed E-state index contributed by atoms with van der Waals surface area (Å²) in [5.41, 5.74) is -0.664. The van der Waals surface area contributed by atoms with E-state index in [-0.39, 0.29) is 28.0 Å². The van der Waals surface area contributed by atoms with Crippen molar-refractivity contribution in [2.45, 2.75) is 55.5 Å². The number of benzene rings is 3. The number of carbonyl (C=O) groups is 2. The van der Waals surface area contributed by atoms with Crippen molar-refractivity contribution in [3.05, 3.63) is 131 Å². The maximum absolute atomic E-state index is 15.7. The molecule has 1 saturated carbocycles. The van der Waals surface area contributed by atoms with E-state index in [9.17, 15) is 23.5 Å². The number of hydrogen-bond acceptors (Lipinski definition) is 6. The molecular weight excluding hydrogens is 633 g/mol. The van der Waals surface area contributed by atoms with Crippen LogP contribution >= 0.6 is 0 Å². The SMILES string of the molecule is O=CC(NC(=O)O)C(Nc1cncc(F)c1C#C[C@@H]1CN(Cc2ccccc2)CC2(CCCC2)O1)(c1ccc(F)cc1)c1ccc(F)cc1. The number of nitrogens with one attached hydrogen (secondary N) is 2. The van der Waals surface area contributed by atoms with Crippen molar-refractivity contribution in [1.29, 1.82) is 0 Å². The number of hydrogen-bond donors (Lipinski definition) is 3. The van der Waals surface area contributed by atoms with Gasteiger partial charge in [0.2, 0.25) is 0 Å². The molecule has 252 valence electrons. The van der Waals surface area contributed by atoms with Crippen molar-refractivity contribution >= 4 is 18.1 Å². The van der Waals surface area contributed by atoms with Gasteiger partial charge in [0.1, 0.15) is 35.6 Å². The van der Waals surface area contributed by atoms with E-state index in [1.807, 2.05) is 18.2 Å². The Labute approximate surface area is 282 Å². The fraction of sp³-hybridized carbons (Fsp3) is 0.289. The van der Waals surface area contributed by atoms with Crippen LogP contribution in [-0.2, 0) is 21.6 Å². The van der Waals surface area contributed by atoms with Crippen LogP contribution in [0.2, 0.25) is 0 Å². The molecule has 6 rings (SSSR count). The number of halogens is 3. The Hall–Kier alpha value is -5.18. The number of aromatic nitrogens is 1. The number of aldehydes is 1. The van der Waals surface area contributed by atoms with Crippen molar-refractivity contribution in [3.63, 3.8) is 0 Å². The average Bonchev–Trinajstić information content (AvgIpc) is 3.53. The number of anilines is 1. The van der Waals surface area contributed by atoms with Crippen LogP contribution in [0.25, 0.3) is 0 Å². The Morgan fingerprint density at radius 2 is 1.63 bits per heavy atom. The van der Waals surface area contributed by atoms with Gasteiger partial charge in [-0.15, -0.1) is 0 Å². The lowest BCUT2D eigenvalue weighted by molar-refractivity contribution is -0.133. The molecule has 2 fully saturated rings. The van der Waals surface area contributed by atoms with Crippen LogP contribution < -0.4 is 10.6 Å². The van der Waals surface area contributed by atoms with E-state index in [4.69, 9.17) is 4.74 Å². The zero-order valence-corrected chi connectivity index (χ0v) is 26.5. The minimum absolute atomic E-state index is 0.0210. The Morgan fingerprint density at radius 1 is 1.00 bits per heavy atom. The molecule has 3 N–H and O–H groups in total. The third-order valence-corrected chi connectivity index (χ3v) is 9.16. The summed E-state index contributed by atoms with van der Waals surface area (Å²) in [4.78, 5) is 31.0. The van der Waals surface area contributed by atoms with Gasteiger partial charge in [-0.3, -0.25) is 9.88 Å². The Balaban J connectivity index is 1.42. The predicted molar refractivity (Wildman–Crippen MR) is 177 cm³/mol. The summed E-state index contributed by atoms with van der Waals surface area (Å²) in [6, 6.07) is 18.6. The Morgan fingerprint density at radius 3 is 2.22 bits per heavy atom. The third-order valence-electron chi connectivity index (χ3n) is 9.16. The monoisotopic (exact) mass is 668 g/mol. The van der Waals surface area contributed by atoms with Gasteiger partial charge >= 0.3 is 6.09 Å². The predicted octanol–water partition coefficient (Wildman–Crippen LogP) is 6.26. The molecule has 0 bridgehead atoms. The fourth-order valence-corrected chi connectivity index (χ4v) is 6.99. The molecule has 1 spiro atoms. The van der Waals surface area contributed by atoms with Crippen LogP contribution in [0.5, 0.6) is 0 Å². The largest absolute Gasteiger partial charge is 0.465 e. The lowest BCUT2D eigenvalue weighted by atomic mass is 9.76. The topological polar surface area (TPSA) is 104 Å². The Bertz CT molecular complexity index is 1790. The molecule has 1 amide bonds. The lowest BCUT2D eigenvalue weighted by Gasteiger charge is -2.43. The van der Waals surface area contributed by atoms with Crippen molar-refractivity contribution < 1.29 is 32.6 Å². The second-order valence-electron chi connectivity index (χ2n) is 12.5. The molecule has 1 unspecified atom stereocenters. The molecule has 1 aliphatic heterocycles. The summed E-state index contributed by atoms with van der Waals surface area (Å²) in [6.07, 6.45) is 4.48. The number of pyridine rings is 1. The molecule has 1 aromatic heterocycles. The summed E-state index contributed by atoms with van der Waals surface area (Å²) in [5.74, 6) is 4.16. The quantitative estimate of drug-likeness (QED) is 0.143. The minimum Gasteiger partial charge on any atom is -0.465 e. The first-order valence-corrected chi connectivity index (χ1v) is 16.0. The molecule has 2 heterocycles. The number of carbonyl (C=O) groups excluding carboxylic acids is 1. The van der Waals surface area contributed by atoms with Crippen molar-refractivity contribution in [3.8, 4) is 11.8 Å². The van der Waals surface area contributed by atoms with Crippen LogP contribution in [0.3, 0.4) is 0 Å².